The molecule has 1 aliphatic heterocycles. The third-order valence-electron chi connectivity index (χ3n) is 5.55. The maximum Gasteiger partial charge on any atom is 0.407 e. The lowest BCUT2D eigenvalue weighted by Crippen LogP contribution is -2.45. The molecule has 0 spiro atoms. The molecule has 2 aromatic rings. The number of hydrogen-bond acceptors (Lipinski definition) is 5. The number of rotatable bonds is 7. The number of carbonyl (C=O) groups is 2. The molecule has 1 amide bonds. The second-order valence-corrected chi connectivity index (χ2v) is 7.53. The lowest BCUT2D eigenvalue weighted by atomic mass is 9.98. The monoisotopic (exact) mass is 411 g/mol. The molecule has 1 aliphatic carbocycles. The number of hydrogen-bond donors (Lipinski definition) is 2. The fourth-order valence-corrected chi connectivity index (χ4v) is 4.03. The quantitative estimate of drug-likeness (QED) is 0.727. The van der Waals surface area contributed by atoms with Gasteiger partial charge in [0.15, 0.2) is 6.04 Å². The van der Waals surface area contributed by atoms with Crippen molar-refractivity contribution in [3.63, 3.8) is 0 Å². The summed E-state index contributed by atoms with van der Waals surface area (Å²) in [5.41, 5.74) is 4.46. The first-order valence-electron chi connectivity index (χ1n) is 10.2. The number of benzene rings is 2. The molecule has 0 saturated carbocycles. The molecule has 7 nitrogen and oxygen atoms in total. The molecule has 7 heteroatoms. The molecule has 1 fully saturated rings. The summed E-state index contributed by atoms with van der Waals surface area (Å²) in [6.07, 6.45) is 0.775. The van der Waals surface area contributed by atoms with Crippen LogP contribution >= 0.6 is 0 Å². The molecule has 158 valence electrons. The van der Waals surface area contributed by atoms with E-state index in [2.05, 4.69) is 17.4 Å². The van der Waals surface area contributed by atoms with E-state index in [9.17, 15) is 14.7 Å². The highest BCUT2D eigenvalue weighted by molar-refractivity contribution is 5.81. The van der Waals surface area contributed by atoms with Crippen molar-refractivity contribution in [3.8, 4) is 11.1 Å². The van der Waals surface area contributed by atoms with E-state index in [4.69, 9.17) is 14.2 Å². The summed E-state index contributed by atoms with van der Waals surface area (Å²) in [7, 11) is 0. The Morgan fingerprint density at radius 2 is 1.77 bits per heavy atom. The predicted molar refractivity (Wildman–Crippen MR) is 109 cm³/mol. The van der Waals surface area contributed by atoms with Crippen LogP contribution < -0.4 is 5.32 Å². The number of carbonyl (C=O) groups excluding carboxylic acids is 1. The van der Waals surface area contributed by atoms with Gasteiger partial charge < -0.3 is 24.6 Å². The minimum absolute atomic E-state index is 0.0814. The van der Waals surface area contributed by atoms with Crippen LogP contribution in [-0.2, 0) is 19.0 Å². The van der Waals surface area contributed by atoms with Gasteiger partial charge in [-0.3, -0.25) is 0 Å². The first kappa shape index (κ1) is 20.4. The third kappa shape index (κ3) is 4.47. The molecule has 2 unspecified atom stereocenters. The highest BCUT2D eigenvalue weighted by Crippen LogP contribution is 2.44. The van der Waals surface area contributed by atoms with E-state index in [-0.39, 0.29) is 25.2 Å². The highest BCUT2D eigenvalue weighted by Gasteiger charge is 2.30. The summed E-state index contributed by atoms with van der Waals surface area (Å²) in [6, 6.07) is 14.9. The van der Waals surface area contributed by atoms with Crippen LogP contribution in [0, 0.1) is 0 Å². The maximum absolute atomic E-state index is 12.3. The molecular weight excluding hydrogens is 386 g/mol. The van der Waals surface area contributed by atoms with Crippen LogP contribution in [0.4, 0.5) is 4.79 Å². The molecule has 1 heterocycles. The molecule has 2 aliphatic rings. The number of nitrogens with one attached hydrogen (secondary N) is 1. The Kier molecular flexibility index (Phi) is 6.30. The third-order valence-corrected chi connectivity index (χ3v) is 5.55. The van der Waals surface area contributed by atoms with Crippen molar-refractivity contribution >= 4 is 12.1 Å². The Labute approximate surface area is 174 Å². The maximum atomic E-state index is 12.3. The predicted octanol–water partition coefficient (Wildman–Crippen LogP) is 3.17. The molecular formula is C23H25NO6. The number of carboxylic acid groups (broad SMARTS) is 1. The fourth-order valence-electron chi connectivity index (χ4n) is 4.03. The average Bonchev–Trinajstić information content (AvgIpc) is 3.09. The van der Waals surface area contributed by atoms with Crippen molar-refractivity contribution in [1.82, 2.24) is 5.32 Å². The van der Waals surface area contributed by atoms with Crippen molar-refractivity contribution in [3.05, 3.63) is 59.7 Å². The number of aliphatic carboxylic acids is 1. The largest absolute Gasteiger partial charge is 0.480 e. The molecule has 2 aromatic carbocycles. The number of amides is 1. The minimum atomic E-state index is -1.18. The van der Waals surface area contributed by atoms with Crippen molar-refractivity contribution in [2.24, 2.45) is 0 Å². The average molecular weight is 411 g/mol. The van der Waals surface area contributed by atoms with E-state index in [0.717, 1.165) is 35.1 Å². The van der Waals surface area contributed by atoms with Gasteiger partial charge in [0.1, 0.15) is 6.61 Å². The van der Waals surface area contributed by atoms with Gasteiger partial charge >= 0.3 is 12.1 Å². The zero-order chi connectivity index (χ0) is 20.9. The van der Waals surface area contributed by atoms with Gasteiger partial charge in [0, 0.05) is 12.5 Å². The molecule has 4 rings (SSSR count). The van der Waals surface area contributed by atoms with Crippen LogP contribution in [0.1, 0.15) is 29.9 Å². The van der Waals surface area contributed by atoms with Crippen molar-refractivity contribution in [2.75, 3.05) is 26.4 Å². The highest BCUT2D eigenvalue weighted by atomic mass is 16.6. The summed E-state index contributed by atoms with van der Waals surface area (Å²) in [5, 5.41) is 11.8. The van der Waals surface area contributed by atoms with Crippen LogP contribution in [0.5, 0.6) is 0 Å². The van der Waals surface area contributed by atoms with Crippen LogP contribution in [0.2, 0.25) is 0 Å². The van der Waals surface area contributed by atoms with Crippen molar-refractivity contribution < 1.29 is 28.9 Å². The molecule has 0 radical (unpaired) electrons. The summed E-state index contributed by atoms with van der Waals surface area (Å²) in [4.78, 5) is 23.8. The van der Waals surface area contributed by atoms with E-state index in [1.165, 1.54) is 0 Å². The zero-order valence-electron chi connectivity index (χ0n) is 16.6. The lowest BCUT2D eigenvalue weighted by Gasteiger charge is -2.24. The van der Waals surface area contributed by atoms with Gasteiger partial charge in [-0.15, -0.1) is 0 Å². The Balaban J connectivity index is 1.35. The van der Waals surface area contributed by atoms with Crippen LogP contribution in [-0.4, -0.2) is 55.7 Å². The molecule has 2 N–H and O–H groups in total. The standard InChI is InChI=1S/C23H25NO6/c25-22(26)21(14-29-15-6-5-11-28-12-15)24-23(27)30-13-20-18-9-3-1-7-16(18)17-8-2-4-10-19(17)20/h1-4,7-10,15,20-21H,5-6,11-14H2,(H,24,27)(H,25,26). The van der Waals surface area contributed by atoms with Crippen LogP contribution in [0.25, 0.3) is 11.1 Å². The molecule has 30 heavy (non-hydrogen) atoms. The van der Waals surface area contributed by atoms with E-state index < -0.39 is 18.1 Å². The first-order valence-corrected chi connectivity index (χ1v) is 10.2. The Hall–Kier alpha value is -2.90. The van der Waals surface area contributed by atoms with Gasteiger partial charge in [0.05, 0.1) is 19.3 Å². The molecule has 0 aromatic heterocycles. The van der Waals surface area contributed by atoms with E-state index in [1.54, 1.807) is 0 Å². The van der Waals surface area contributed by atoms with Gasteiger partial charge in [0.2, 0.25) is 0 Å². The zero-order valence-corrected chi connectivity index (χ0v) is 16.6. The Morgan fingerprint density at radius 1 is 1.10 bits per heavy atom. The van der Waals surface area contributed by atoms with E-state index >= 15 is 0 Å². The topological polar surface area (TPSA) is 94.1 Å². The van der Waals surface area contributed by atoms with Gasteiger partial charge in [0.25, 0.3) is 0 Å². The van der Waals surface area contributed by atoms with E-state index in [0.29, 0.717) is 13.2 Å². The molecule has 0 bridgehead atoms. The van der Waals surface area contributed by atoms with Crippen molar-refractivity contribution in [1.29, 1.82) is 0 Å². The van der Waals surface area contributed by atoms with Crippen LogP contribution in [0.3, 0.4) is 0 Å². The number of alkyl carbamates (subject to hydrolysis) is 1. The summed E-state index contributed by atoms with van der Waals surface area (Å²) in [6.45, 7) is 1.13. The second kappa shape index (κ2) is 9.28. The summed E-state index contributed by atoms with van der Waals surface area (Å²) in [5.74, 6) is -1.25. The van der Waals surface area contributed by atoms with Crippen molar-refractivity contribution in [2.45, 2.75) is 30.9 Å². The SMILES string of the molecule is O=C(NC(COC1CCCOC1)C(=O)O)OCC1c2ccccc2-c2ccccc21. The number of fused-ring (bicyclic) bond motifs is 3. The Bertz CT molecular complexity index is 863. The fraction of sp³-hybridized carbons (Fsp3) is 0.391. The smallest absolute Gasteiger partial charge is 0.407 e. The first-order chi connectivity index (χ1) is 14.6. The van der Waals surface area contributed by atoms with E-state index in [1.807, 2.05) is 36.4 Å². The Morgan fingerprint density at radius 3 is 2.37 bits per heavy atom. The minimum Gasteiger partial charge on any atom is -0.480 e. The summed E-state index contributed by atoms with van der Waals surface area (Å²) >= 11 is 0. The summed E-state index contributed by atoms with van der Waals surface area (Å²) < 4.78 is 16.3. The van der Waals surface area contributed by atoms with Crippen LogP contribution in [0.15, 0.2) is 48.5 Å². The lowest BCUT2D eigenvalue weighted by molar-refractivity contribution is -0.142. The van der Waals surface area contributed by atoms with Gasteiger partial charge in [-0.1, -0.05) is 48.5 Å². The second-order valence-electron chi connectivity index (χ2n) is 7.53. The van der Waals surface area contributed by atoms with Gasteiger partial charge in [-0.25, -0.2) is 9.59 Å². The van der Waals surface area contributed by atoms with Gasteiger partial charge in [-0.05, 0) is 35.1 Å². The molecule has 1 saturated heterocycles. The number of carboxylic acids is 1. The normalized spacial score (nSPS) is 18.9. The van der Waals surface area contributed by atoms with Gasteiger partial charge in [-0.2, -0.15) is 0 Å². The number of ether oxygens (including phenoxy) is 3. The molecule has 2 atom stereocenters.